The topological polar surface area (TPSA) is 41.9 Å². The van der Waals surface area contributed by atoms with Gasteiger partial charge in [0.15, 0.2) is 0 Å². The normalized spacial score (nSPS) is 47.9. The minimum atomic E-state index is -0.410. The molecule has 5 aliphatic carbocycles. The van der Waals surface area contributed by atoms with Crippen LogP contribution in [0.2, 0.25) is 0 Å². The van der Waals surface area contributed by atoms with E-state index in [-0.39, 0.29) is 29.0 Å². The molecule has 30 heavy (non-hydrogen) atoms. The zero-order chi connectivity index (χ0) is 20.5. The van der Waals surface area contributed by atoms with E-state index in [0.29, 0.717) is 6.04 Å². The lowest BCUT2D eigenvalue weighted by Gasteiger charge is -2.76. The zero-order valence-corrected chi connectivity index (χ0v) is 18.7. The van der Waals surface area contributed by atoms with Gasteiger partial charge in [-0.15, -0.1) is 0 Å². The minimum Gasteiger partial charge on any atom is -0.486 e. The predicted molar refractivity (Wildman–Crippen MR) is 115 cm³/mol. The molecule has 4 bridgehead atoms. The molecular weight excluding hydrogens is 374 g/mol. The number of rotatable bonds is 4. The molecule has 4 heteroatoms. The van der Waals surface area contributed by atoms with Crippen molar-refractivity contribution in [3.05, 3.63) is 28.8 Å². The molecule has 1 aromatic rings. The average Bonchev–Trinajstić information content (AvgIpc) is 3.49. The van der Waals surface area contributed by atoms with Gasteiger partial charge in [-0.05, 0) is 75.5 Å². The van der Waals surface area contributed by atoms with Crippen molar-refractivity contribution in [1.29, 1.82) is 0 Å². The number of likely N-dealkylation sites (tertiary alicyclic amines) is 1. The molecule has 162 valence electrons. The summed E-state index contributed by atoms with van der Waals surface area (Å²) in [5.41, 5.74) is 3.90. The lowest BCUT2D eigenvalue weighted by molar-refractivity contribution is -0.311. The number of aliphatic hydroxyl groups is 1. The Labute approximate surface area is 179 Å². The van der Waals surface area contributed by atoms with Crippen LogP contribution in [0, 0.1) is 23.7 Å². The van der Waals surface area contributed by atoms with Gasteiger partial charge < -0.3 is 14.6 Å². The number of hydrogen-bond acceptors (Lipinski definition) is 4. The fourth-order valence-corrected chi connectivity index (χ4v) is 9.31. The van der Waals surface area contributed by atoms with Gasteiger partial charge in [-0.25, -0.2) is 0 Å². The Kier molecular flexibility index (Phi) is 3.35. The summed E-state index contributed by atoms with van der Waals surface area (Å²) in [6.07, 6.45) is 8.44. The third-order valence-corrected chi connectivity index (χ3v) is 10.7. The monoisotopic (exact) mass is 409 g/mol. The first-order valence-electron chi connectivity index (χ1n) is 12.1. The van der Waals surface area contributed by atoms with Crippen molar-refractivity contribution in [2.24, 2.45) is 16.7 Å². The number of aliphatic hydroxyl groups excluding tert-OH is 1. The van der Waals surface area contributed by atoms with Crippen molar-refractivity contribution in [2.75, 3.05) is 26.8 Å². The van der Waals surface area contributed by atoms with Gasteiger partial charge in [-0.2, -0.15) is 0 Å². The van der Waals surface area contributed by atoms with Crippen LogP contribution < -0.4 is 4.74 Å². The summed E-state index contributed by atoms with van der Waals surface area (Å²) in [7, 11) is 1.87. The molecule has 1 N–H and O–H groups in total. The first-order chi connectivity index (χ1) is 14.4. The van der Waals surface area contributed by atoms with E-state index in [1.54, 1.807) is 0 Å². The van der Waals surface area contributed by atoms with E-state index in [1.807, 2.05) is 7.11 Å². The molecule has 2 spiro atoms. The third kappa shape index (κ3) is 1.74. The Balaban J connectivity index is 1.50. The Morgan fingerprint density at radius 2 is 2.07 bits per heavy atom. The van der Waals surface area contributed by atoms with Crippen LogP contribution in [0.25, 0.3) is 0 Å². The minimum absolute atomic E-state index is 0.0235. The van der Waals surface area contributed by atoms with Crippen LogP contribution in [0.1, 0.15) is 62.1 Å². The molecule has 1 aromatic carbocycles. The van der Waals surface area contributed by atoms with E-state index in [4.69, 9.17) is 9.47 Å². The van der Waals surface area contributed by atoms with Crippen molar-refractivity contribution < 1.29 is 14.6 Å². The number of benzene rings is 1. The van der Waals surface area contributed by atoms with Gasteiger partial charge in [0.05, 0.1) is 6.61 Å². The highest BCUT2D eigenvalue weighted by Gasteiger charge is 2.82. The predicted octanol–water partition coefficient (Wildman–Crippen LogP) is 3.60. The van der Waals surface area contributed by atoms with Crippen LogP contribution in [0.15, 0.2) is 12.1 Å². The molecule has 1 unspecified atom stereocenters. The van der Waals surface area contributed by atoms with Crippen LogP contribution in [-0.4, -0.2) is 54.6 Å². The molecule has 0 aromatic heterocycles. The molecule has 1 saturated heterocycles. The fraction of sp³-hybridized carbons (Fsp3) is 0.769. The Bertz CT molecular complexity index is 942. The van der Waals surface area contributed by atoms with E-state index in [2.05, 4.69) is 30.9 Å². The van der Waals surface area contributed by atoms with Gasteiger partial charge in [-0.1, -0.05) is 19.1 Å². The molecule has 4 saturated carbocycles. The number of hydrogen-bond donors (Lipinski definition) is 1. The number of methoxy groups -OCH3 is 1. The standard InChI is InChI=1S/C26H35NO3/c1-16-4-7-18-12-19-24-8-9-26(29-3,23(2,14-24)15-28)22-25(24,20(18)21(16)30-22)10-11-27(19)13-17-5-6-17/h4,7,17,19,22,28H,5-6,8-15H2,1-3H3/t19-,22-,23-,24?,25+,26+/m1/s1. The van der Waals surface area contributed by atoms with Crippen molar-refractivity contribution in [1.82, 2.24) is 4.90 Å². The summed E-state index contributed by atoms with van der Waals surface area (Å²) in [5, 5.41) is 10.7. The lowest BCUT2D eigenvalue weighted by Crippen LogP contribution is -2.83. The van der Waals surface area contributed by atoms with Crippen LogP contribution in [-0.2, 0) is 16.6 Å². The van der Waals surface area contributed by atoms with E-state index < -0.39 is 5.60 Å². The van der Waals surface area contributed by atoms with Gasteiger partial charge in [-0.3, -0.25) is 4.90 Å². The van der Waals surface area contributed by atoms with E-state index >= 15 is 0 Å². The quantitative estimate of drug-likeness (QED) is 0.825. The largest absolute Gasteiger partial charge is 0.486 e. The summed E-state index contributed by atoms with van der Waals surface area (Å²) in [4.78, 5) is 2.86. The van der Waals surface area contributed by atoms with Crippen LogP contribution in [0.5, 0.6) is 5.75 Å². The highest BCUT2D eigenvalue weighted by atomic mass is 16.6. The molecule has 8 rings (SSSR count). The molecule has 4 nitrogen and oxygen atoms in total. The first-order valence-corrected chi connectivity index (χ1v) is 12.1. The Morgan fingerprint density at radius 1 is 1.23 bits per heavy atom. The maximum absolute atomic E-state index is 10.7. The molecular formula is C26H35NO3. The molecule has 6 atom stereocenters. The number of aryl methyl sites for hydroxylation is 1. The Hall–Kier alpha value is -1.10. The van der Waals surface area contributed by atoms with Gasteiger partial charge in [0.25, 0.3) is 0 Å². The highest BCUT2D eigenvalue weighted by Crippen LogP contribution is 2.78. The van der Waals surface area contributed by atoms with E-state index in [1.165, 1.54) is 55.5 Å². The molecule has 7 aliphatic rings. The summed E-state index contributed by atoms with van der Waals surface area (Å²) >= 11 is 0. The summed E-state index contributed by atoms with van der Waals surface area (Å²) < 4.78 is 13.5. The average molecular weight is 410 g/mol. The second kappa shape index (κ2) is 5.44. The summed E-state index contributed by atoms with van der Waals surface area (Å²) in [5.74, 6) is 2.07. The second-order valence-electron chi connectivity index (χ2n) is 11.8. The Morgan fingerprint density at radius 3 is 2.80 bits per heavy atom. The highest BCUT2D eigenvalue weighted by molar-refractivity contribution is 5.61. The molecule has 2 aliphatic heterocycles. The maximum atomic E-state index is 10.7. The van der Waals surface area contributed by atoms with Crippen molar-refractivity contribution in [3.8, 4) is 5.75 Å². The smallest absolute Gasteiger partial charge is 0.139 e. The SMILES string of the molecule is CO[C@]12CCC3(C[C@]1(C)CO)[C@H]1Cc4ccc(C)c5c4[C@@]3(CCN1CC1CC1)[C@H]2O5. The third-order valence-electron chi connectivity index (χ3n) is 10.7. The van der Waals surface area contributed by atoms with Gasteiger partial charge >= 0.3 is 0 Å². The van der Waals surface area contributed by atoms with Crippen molar-refractivity contribution in [3.63, 3.8) is 0 Å². The number of fused-ring (bicyclic) bond motifs is 2. The number of ether oxygens (including phenoxy) is 2. The van der Waals surface area contributed by atoms with E-state index in [0.717, 1.165) is 30.9 Å². The van der Waals surface area contributed by atoms with Gasteiger partial charge in [0, 0.05) is 41.5 Å². The summed E-state index contributed by atoms with van der Waals surface area (Å²) in [6.45, 7) is 7.12. The molecule has 0 radical (unpaired) electrons. The molecule has 5 fully saturated rings. The maximum Gasteiger partial charge on any atom is 0.139 e. The number of nitrogens with zero attached hydrogens (tertiary/aromatic N) is 1. The van der Waals surface area contributed by atoms with Crippen LogP contribution in [0.3, 0.4) is 0 Å². The van der Waals surface area contributed by atoms with E-state index in [9.17, 15) is 5.11 Å². The fourth-order valence-electron chi connectivity index (χ4n) is 9.31. The zero-order valence-electron chi connectivity index (χ0n) is 18.7. The van der Waals surface area contributed by atoms with Crippen LogP contribution in [0.4, 0.5) is 0 Å². The lowest BCUT2D eigenvalue weighted by atomic mass is 9.32. The molecule has 2 heterocycles. The second-order valence-corrected chi connectivity index (χ2v) is 11.8. The molecule has 0 amide bonds. The summed E-state index contributed by atoms with van der Waals surface area (Å²) in [6, 6.07) is 5.24. The van der Waals surface area contributed by atoms with Crippen molar-refractivity contribution >= 4 is 0 Å². The van der Waals surface area contributed by atoms with Gasteiger partial charge in [0.1, 0.15) is 17.5 Å². The van der Waals surface area contributed by atoms with Crippen LogP contribution >= 0.6 is 0 Å². The first kappa shape index (κ1) is 18.5. The van der Waals surface area contributed by atoms with Crippen molar-refractivity contribution in [2.45, 2.75) is 82.0 Å². The number of piperidine rings is 1. The van der Waals surface area contributed by atoms with Gasteiger partial charge in [0.2, 0.25) is 0 Å².